The van der Waals surface area contributed by atoms with E-state index in [2.05, 4.69) is 17.6 Å². The number of aryl methyl sites for hydroxylation is 1. The number of nitrogens with one attached hydrogen (secondary N) is 2. The summed E-state index contributed by atoms with van der Waals surface area (Å²) in [4.78, 5) is 12.1. The van der Waals surface area contributed by atoms with Gasteiger partial charge in [0, 0.05) is 37.6 Å². The van der Waals surface area contributed by atoms with Crippen molar-refractivity contribution in [2.75, 3.05) is 31.6 Å². The first-order chi connectivity index (χ1) is 10.2. The van der Waals surface area contributed by atoms with Crippen LogP contribution in [0.25, 0.3) is 0 Å². The minimum atomic E-state index is -0.00209. The summed E-state index contributed by atoms with van der Waals surface area (Å²) < 4.78 is 5.55. The van der Waals surface area contributed by atoms with Gasteiger partial charge >= 0.3 is 0 Å². The number of anilines is 1. The highest BCUT2D eigenvalue weighted by atomic mass is 16.5. The van der Waals surface area contributed by atoms with Gasteiger partial charge in [-0.1, -0.05) is 0 Å². The largest absolute Gasteiger partial charge is 0.385 e. The number of hydrogen-bond donors (Lipinski definition) is 2. The topological polar surface area (TPSA) is 50.4 Å². The molecule has 1 aliphatic carbocycles. The van der Waals surface area contributed by atoms with E-state index in [1.807, 2.05) is 25.1 Å². The summed E-state index contributed by atoms with van der Waals surface area (Å²) in [5.41, 5.74) is 2.80. The number of hydrogen-bond acceptors (Lipinski definition) is 3. The minimum absolute atomic E-state index is 0.00209. The molecule has 0 radical (unpaired) electrons. The average Bonchev–Trinajstić information content (AvgIpc) is 3.27. The highest BCUT2D eigenvalue weighted by Gasteiger charge is 2.20. The van der Waals surface area contributed by atoms with Gasteiger partial charge in [-0.3, -0.25) is 4.79 Å². The third-order valence-corrected chi connectivity index (χ3v) is 3.65. The maximum absolute atomic E-state index is 12.1. The Labute approximate surface area is 127 Å². The van der Waals surface area contributed by atoms with Crippen LogP contribution < -0.4 is 10.6 Å². The molecule has 0 saturated heterocycles. The van der Waals surface area contributed by atoms with Crippen LogP contribution in [0.4, 0.5) is 5.69 Å². The SMILES string of the molecule is CCNc1ccc(C(=O)NCCCOCC2CC2)c(C)c1. The molecular formula is C17H26N2O2. The third kappa shape index (κ3) is 5.38. The Balaban J connectivity index is 1.69. The van der Waals surface area contributed by atoms with Gasteiger partial charge in [-0.25, -0.2) is 0 Å². The molecule has 116 valence electrons. The van der Waals surface area contributed by atoms with Crippen LogP contribution in [0.5, 0.6) is 0 Å². The average molecular weight is 290 g/mol. The van der Waals surface area contributed by atoms with Crippen LogP contribution in [0.3, 0.4) is 0 Å². The van der Waals surface area contributed by atoms with Crippen molar-refractivity contribution in [1.29, 1.82) is 0 Å². The summed E-state index contributed by atoms with van der Waals surface area (Å²) in [5.74, 6) is 0.801. The lowest BCUT2D eigenvalue weighted by Crippen LogP contribution is -2.26. The molecule has 1 aliphatic rings. The van der Waals surface area contributed by atoms with Gasteiger partial charge in [0.1, 0.15) is 0 Å². The molecule has 21 heavy (non-hydrogen) atoms. The maximum Gasteiger partial charge on any atom is 0.251 e. The van der Waals surface area contributed by atoms with E-state index in [1.54, 1.807) is 0 Å². The molecule has 1 aromatic rings. The molecule has 1 amide bonds. The molecule has 0 unspecified atom stereocenters. The molecule has 1 aromatic carbocycles. The number of amides is 1. The fourth-order valence-corrected chi connectivity index (χ4v) is 2.24. The van der Waals surface area contributed by atoms with E-state index in [-0.39, 0.29) is 5.91 Å². The van der Waals surface area contributed by atoms with Gasteiger partial charge < -0.3 is 15.4 Å². The molecule has 0 aliphatic heterocycles. The van der Waals surface area contributed by atoms with Gasteiger partial charge in [0.05, 0.1) is 0 Å². The monoisotopic (exact) mass is 290 g/mol. The highest BCUT2D eigenvalue weighted by Crippen LogP contribution is 2.28. The van der Waals surface area contributed by atoms with Crippen molar-refractivity contribution in [2.45, 2.75) is 33.1 Å². The summed E-state index contributed by atoms with van der Waals surface area (Å²) in [6.45, 7) is 7.19. The number of carbonyl (C=O) groups excluding carboxylic acids is 1. The zero-order valence-electron chi connectivity index (χ0n) is 13.1. The van der Waals surface area contributed by atoms with Crippen molar-refractivity contribution in [2.24, 2.45) is 5.92 Å². The van der Waals surface area contributed by atoms with Crippen molar-refractivity contribution < 1.29 is 9.53 Å². The number of carbonyl (C=O) groups is 1. The van der Waals surface area contributed by atoms with Gasteiger partial charge in [-0.2, -0.15) is 0 Å². The van der Waals surface area contributed by atoms with E-state index >= 15 is 0 Å². The summed E-state index contributed by atoms with van der Waals surface area (Å²) in [5, 5.41) is 6.20. The number of rotatable bonds is 9. The molecular weight excluding hydrogens is 264 g/mol. The van der Waals surface area contributed by atoms with E-state index in [4.69, 9.17) is 4.74 Å². The molecule has 1 fully saturated rings. The fourth-order valence-electron chi connectivity index (χ4n) is 2.24. The second-order valence-electron chi connectivity index (χ2n) is 5.69. The number of ether oxygens (including phenoxy) is 1. The smallest absolute Gasteiger partial charge is 0.251 e. The van der Waals surface area contributed by atoms with Crippen LogP contribution in [0, 0.1) is 12.8 Å². The summed E-state index contributed by atoms with van der Waals surface area (Å²) in [6.07, 6.45) is 3.50. The molecule has 2 N–H and O–H groups in total. The highest BCUT2D eigenvalue weighted by molar-refractivity contribution is 5.96. The van der Waals surface area contributed by atoms with Crippen LogP contribution >= 0.6 is 0 Å². The molecule has 0 atom stereocenters. The summed E-state index contributed by atoms with van der Waals surface area (Å²) in [6, 6.07) is 5.84. The first-order valence-electron chi connectivity index (χ1n) is 7.91. The van der Waals surface area contributed by atoms with Gasteiger partial charge in [-0.05, 0) is 62.8 Å². The molecule has 0 spiro atoms. The van der Waals surface area contributed by atoms with Gasteiger partial charge in [-0.15, -0.1) is 0 Å². The minimum Gasteiger partial charge on any atom is -0.385 e. The zero-order chi connectivity index (χ0) is 15.1. The Hall–Kier alpha value is -1.55. The first-order valence-corrected chi connectivity index (χ1v) is 7.91. The third-order valence-electron chi connectivity index (χ3n) is 3.65. The molecule has 1 saturated carbocycles. The van der Waals surface area contributed by atoms with Gasteiger partial charge in [0.15, 0.2) is 0 Å². The summed E-state index contributed by atoms with van der Waals surface area (Å²) >= 11 is 0. The Morgan fingerprint density at radius 2 is 2.19 bits per heavy atom. The zero-order valence-corrected chi connectivity index (χ0v) is 13.1. The van der Waals surface area contributed by atoms with Crippen molar-refractivity contribution >= 4 is 11.6 Å². The molecule has 0 bridgehead atoms. The van der Waals surface area contributed by atoms with E-state index in [0.717, 1.165) is 48.9 Å². The van der Waals surface area contributed by atoms with Crippen molar-refractivity contribution in [1.82, 2.24) is 5.32 Å². The Morgan fingerprint density at radius 3 is 2.86 bits per heavy atom. The van der Waals surface area contributed by atoms with E-state index < -0.39 is 0 Å². The predicted octanol–water partition coefficient (Wildman–Crippen LogP) is 2.97. The van der Waals surface area contributed by atoms with Crippen LogP contribution in [0.15, 0.2) is 18.2 Å². The van der Waals surface area contributed by atoms with E-state index in [0.29, 0.717) is 6.54 Å². The second kappa shape index (κ2) is 8.03. The quantitative estimate of drug-likeness (QED) is 0.687. The predicted molar refractivity (Wildman–Crippen MR) is 85.8 cm³/mol. The lowest BCUT2D eigenvalue weighted by molar-refractivity contribution is 0.0937. The van der Waals surface area contributed by atoms with Crippen molar-refractivity contribution in [3.05, 3.63) is 29.3 Å². The fraction of sp³-hybridized carbons (Fsp3) is 0.588. The lowest BCUT2D eigenvalue weighted by Gasteiger charge is -2.10. The van der Waals surface area contributed by atoms with Crippen LogP contribution in [0.1, 0.15) is 42.1 Å². The summed E-state index contributed by atoms with van der Waals surface area (Å²) in [7, 11) is 0. The van der Waals surface area contributed by atoms with E-state index in [9.17, 15) is 4.79 Å². The van der Waals surface area contributed by atoms with Crippen LogP contribution in [-0.4, -0.2) is 32.2 Å². The maximum atomic E-state index is 12.1. The van der Waals surface area contributed by atoms with Crippen molar-refractivity contribution in [3.63, 3.8) is 0 Å². The molecule has 0 aromatic heterocycles. The molecule has 0 heterocycles. The van der Waals surface area contributed by atoms with Gasteiger partial charge in [0.25, 0.3) is 5.91 Å². The van der Waals surface area contributed by atoms with Gasteiger partial charge in [0.2, 0.25) is 0 Å². The first kappa shape index (κ1) is 15.8. The van der Waals surface area contributed by atoms with Crippen LogP contribution in [-0.2, 0) is 4.74 Å². The Morgan fingerprint density at radius 1 is 1.38 bits per heavy atom. The van der Waals surface area contributed by atoms with E-state index in [1.165, 1.54) is 12.8 Å². The van der Waals surface area contributed by atoms with Crippen molar-refractivity contribution in [3.8, 4) is 0 Å². The molecule has 2 rings (SSSR count). The number of benzene rings is 1. The molecule has 4 heteroatoms. The standard InChI is InChI=1S/C17H26N2O2/c1-3-18-15-7-8-16(13(2)11-15)17(20)19-9-4-10-21-12-14-5-6-14/h7-8,11,14,18H,3-6,9-10,12H2,1-2H3,(H,19,20). The molecule has 4 nitrogen and oxygen atoms in total. The second-order valence-corrected chi connectivity index (χ2v) is 5.69. The normalized spacial score (nSPS) is 14.0. The van der Waals surface area contributed by atoms with Crippen LogP contribution in [0.2, 0.25) is 0 Å². The Bertz CT molecular complexity index is 470. The Kier molecular flexibility index (Phi) is 6.05. The lowest BCUT2D eigenvalue weighted by atomic mass is 10.1.